The van der Waals surface area contributed by atoms with E-state index in [9.17, 15) is 67.4 Å². The summed E-state index contributed by atoms with van der Waals surface area (Å²) in [6.07, 6.45) is -0.146. The van der Waals surface area contributed by atoms with Gasteiger partial charge in [0.1, 0.15) is 39.2 Å². The summed E-state index contributed by atoms with van der Waals surface area (Å²) in [4.78, 5) is 7.90. The van der Waals surface area contributed by atoms with Gasteiger partial charge in [-0.3, -0.25) is 22.6 Å². The number of imidazole rings is 1. The third-order valence-electron chi connectivity index (χ3n) is 11.6. The molecule has 8 aromatic rings. The van der Waals surface area contributed by atoms with Gasteiger partial charge in [-0.05, 0) is 110 Å². The predicted molar refractivity (Wildman–Crippen MR) is 286 cm³/mol. The molecule has 0 atom stereocenters. The molecule has 0 aliphatic rings. The fraction of sp³-hybridized carbons (Fsp3) is 0.239. The molecule has 0 amide bonds. The average molecular weight is 1180 g/mol. The van der Waals surface area contributed by atoms with Crippen LogP contribution < -0.4 is 9.47 Å². The van der Waals surface area contributed by atoms with Crippen LogP contribution in [0.25, 0.3) is 37.7 Å². The molecule has 3 aromatic heterocycles. The van der Waals surface area contributed by atoms with Crippen molar-refractivity contribution >= 4 is 135 Å². The fourth-order valence-corrected chi connectivity index (χ4v) is 12.2. The van der Waals surface area contributed by atoms with Gasteiger partial charge in [0.05, 0.1) is 69.5 Å². The highest BCUT2D eigenvalue weighted by atomic mass is 32.2. The molecule has 408 valence electrons. The van der Waals surface area contributed by atoms with Crippen LogP contribution in [0, 0.1) is 32.1 Å². The second kappa shape index (κ2) is 22.3. The topological polar surface area (TPSA) is 405 Å². The molecule has 8 rings (SSSR count). The van der Waals surface area contributed by atoms with Gasteiger partial charge in [-0.1, -0.05) is 11.3 Å². The lowest BCUT2D eigenvalue weighted by Crippen LogP contribution is -2.08. The lowest BCUT2D eigenvalue weighted by atomic mass is 10.0. The number of pyridine rings is 1. The van der Waals surface area contributed by atoms with Crippen molar-refractivity contribution in [1.29, 1.82) is 5.26 Å². The van der Waals surface area contributed by atoms with Crippen LogP contribution in [-0.4, -0.2) is 107 Å². The number of thioether (sulfide) groups is 1. The molecule has 0 unspecified atom stereocenters. The number of hydrogen-bond acceptors (Lipinski definition) is 23. The van der Waals surface area contributed by atoms with Crippen molar-refractivity contribution < 1.29 is 71.6 Å². The molecule has 26 nitrogen and oxygen atoms in total. The second-order valence-corrected chi connectivity index (χ2v) is 25.1. The molecule has 78 heavy (non-hydrogen) atoms. The molecule has 32 heteroatoms. The summed E-state index contributed by atoms with van der Waals surface area (Å²) >= 11 is 1.87. The summed E-state index contributed by atoms with van der Waals surface area (Å²) in [7, 11) is -17.0. The summed E-state index contributed by atoms with van der Waals surface area (Å²) in [5.74, 6) is -0.984. The van der Waals surface area contributed by atoms with Crippen LogP contribution in [0.1, 0.15) is 40.7 Å². The number of hydrogen-bond donors (Lipinski definition) is 6. The first-order valence-corrected chi connectivity index (χ1v) is 30.4. The molecule has 0 saturated carbocycles. The summed E-state index contributed by atoms with van der Waals surface area (Å²) in [5.41, 5.74) is 2.51. The Kier molecular flexibility index (Phi) is 16.3. The lowest BCUT2D eigenvalue weighted by Gasteiger charge is -2.12. The Morgan fingerprint density at radius 2 is 1.40 bits per heavy atom. The van der Waals surface area contributed by atoms with Gasteiger partial charge in [0.15, 0.2) is 11.3 Å². The van der Waals surface area contributed by atoms with Gasteiger partial charge in [0.2, 0.25) is 11.0 Å². The van der Waals surface area contributed by atoms with Gasteiger partial charge in [0.25, 0.3) is 40.5 Å². The number of rotatable bonds is 20. The van der Waals surface area contributed by atoms with E-state index in [0.29, 0.717) is 32.8 Å². The molecule has 0 bridgehead atoms. The minimum absolute atomic E-state index is 0.00189. The average Bonchev–Trinajstić information content (AvgIpc) is 4.14. The van der Waals surface area contributed by atoms with Crippen molar-refractivity contribution in [3.63, 3.8) is 0 Å². The van der Waals surface area contributed by atoms with Gasteiger partial charge in [-0.2, -0.15) is 44.0 Å². The van der Waals surface area contributed by atoms with E-state index < -0.39 is 74.3 Å². The van der Waals surface area contributed by atoms with E-state index >= 15 is 0 Å². The van der Waals surface area contributed by atoms with Crippen molar-refractivity contribution in [3.8, 4) is 23.4 Å². The zero-order valence-electron chi connectivity index (χ0n) is 40.9. The monoisotopic (exact) mass is 1180 g/mol. The highest BCUT2D eigenvalue weighted by Crippen LogP contribution is 2.45. The minimum atomic E-state index is -4.97. The van der Waals surface area contributed by atoms with Crippen LogP contribution in [0.4, 0.5) is 33.6 Å². The smallest absolute Gasteiger partial charge is 0.296 e. The number of thiazole rings is 1. The molecule has 3 heterocycles. The van der Waals surface area contributed by atoms with Gasteiger partial charge in [0, 0.05) is 28.0 Å². The first kappa shape index (κ1) is 57.0. The summed E-state index contributed by atoms with van der Waals surface area (Å²) < 4.78 is 147. The number of azo groups is 3. The maximum atomic E-state index is 12.6. The molecular weight excluding hydrogens is 1140 g/mol. The van der Waals surface area contributed by atoms with E-state index in [4.69, 9.17) is 9.47 Å². The largest absolute Gasteiger partial charge is 0.497 e. The highest BCUT2D eigenvalue weighted by molar-refractivity contribution is 7.99. The number of benzene rings is 5. The number of aliphatic hydroxyl groups is 1. The third kappa shape index (κ3) is 12.6. The van der Waals surface area contributed by atoms with E-state index in [1.54, 1.807) is 51.1 Å². The molecule has 6 N–H and O–H groups in total. The molecular formula is C46H42N10O16S6. The van der Waals surface area contributed by atoms with Crippen LogP contribution >= 0.6 is 23.1 Å². The Balaban J connectivity index is 1.18. The lowest BCUT2D eigenvalue weighted by molar-refractivity contribution is 0.283. The van der Waals surface area contributed by atoms with Crippen LogP contribution in [-0.2, 0) is 47.1 Å². The number of aliphatic hydroxyl groups excluding tert-OH is 1. The molecule has 0 saturated heterocycles. The Bertz CT molecular complexity index is 4390. The number of ether oxygens (including phenoxy) is 2. The van der Waals surface area contributed by atoms with E-state index in [2.05, 4.69) is 46.7 Å². The van der Waals surface area contributed by atoms with Gasteiger partial charge in [-0.15, -0.1) is 37.3 Å². The van der Waals surface area contributed by atoms with Crippen molar-refractivity contribution in [2.75, 3.05) is 31.0 Å². The van der Waals surface area contributed by atoms with Crippen molar-refractivity contribution in [1.82, 2.24) is 14.4 Å². The first-order valence-electron chi connectivity index (χ1n) is 22.5. The normalized spacial score (nSPS) is 12.9. The van der Waals surface area contributed by atoms with E-state index in [0.717, 1.165) is 41.3 Å². The fourth-order valence-electron chi connectivity index (χ4n) is 7.88. The molecule has 0 fully saturated rings. The Morgan fingerprint density at radius 3 is 2.05 bits per heavy atom. The first-order chi connectivity index (χ1) is 36.7. The maximum Gasteiger partial charge on any atom is 0.296 e. The van der Waals surface area contributed by atoms with Crippen LogP contribution in [0.15, 0.2) is 106 Å². The van der Waals surface area contributed by atoms with Gasteiger partial charge < -0.3 is 19.7 Å². The third-order valence-corrected chi connectivity index (χ3v) is 17.0. The van der Waals surface area contributed by atoms with Crippen LogP contribution in [0.2, 0.25) is 0 Å². The summed E-state index contributed by atoms with van der Waals surface area (Å²) in [6, 6.07) is 16.2. The van der Waals surface area contributed by atoms with Gasteiger partial charge >= 0.3 is 0 Å². The van der Waals surface area contributed by atoms with Gasteiger partial charge in [-0.25, -0.2) is 9.97 Å². The standard InChI is InChI=1S/C46H42N10O16S6/c1-23-13-35(52-54-41-25(3)31(21-47)44-48-32-8-7-27(71-4)16-37(32)56(44)45(41)58)38(72-9-5-11-75(59,60)61)19-33(23)50-53-36-14-24(2)34(20-39(36)73-10-6-12-76(62,63)64)51-55-46-49-42-40(78(68,69)70)18-29-26(22-57)15-28(77(65,66)67)17-30(29)43(42)74-46/h7-8,13-20,57-58H,5-6,9-12,22H2,1-4H3,(H,59,60,61)(H,62,63,64)(H,65,66,67)(H,68,69,70). The number of aromatic nitrogens is 3. The zero-order valence-corrected chi connectivity index (χ0v) is 45.8. The van der Waals surface area contributed by atoms with Crippen molar-refractivity contribution in [2.45, 2.75) is 54.9 Å². The Labute approximate surface area is 451 Å². The number of aryl methyl sites for hydroxylation is 2. The SMILES string of the molecule is COc1ccc2nc3c(C#N)c(C)c(N=Nc4cc(C)c(N=Nc5cc(C)c(N=Nc6nc7c(S(=O)(=O)O)cc8c(CO)cc(S(=O)(=O)O)cc8c7s6)cc5SCCCS(=O)(=O)O)cc4OCCCS(=O)(=O)O)c(O)n3c2c1. The second-order valence-electron chi connectivity index (χ2n) is 17.0. The Morgan fingerprint density at radius 1 is 0.744 bits per heavy atom. The molecule has 0 aliphatic heterocycles. The zero-order chi connectivity index (χ0) is 56.6. The number of nitrogens with zero attached hydrogens (tertiary/aromatic N) is 10. The minimum Gasteiger partial charge on any atom is -0.497 e. The number of methoxy groups -OCH3 is 1. The summed E-state index contributed by atoms with van der Waals surface area (Å²) in [5, 5.41) is 58.1. The van der Waals surface area contributed by atoms with Crippen LogP contribution in [0.3, 0.4) is 0 Å². The quantitative estimate of drug-likeness (QED) is 0.0179. The molecule has 5 aromatic carbocycles. The molecule has 0 aliphatic carbocycles. The number of aromatic hydroxyl groups is 1. The number of nitriles is 1. The predicted octanol–water partition coefficient (Wildman–Crippen LogP) is 10.0. The molecule has 0 radical (unpaired) electrons. The van der Waals surface area contributed by atoms with E-state index in [1.807, 2.05) is 0 Å². The summed E-state index contributed by atoms with van der Waals surface area (Å²) in [6.45, 7) is 3.84. The van der Waals surface area contributed by atoms with Crippen molar-refractivity contribution in [3.05, 3.63) is 88.5 Å². The van der Waals surface area contributed by atoms with E-state index in [-0.39, 0.29) is 108 Å². The maximum absolute atomic E-state index is 12.6. The highest BCUT2D eigenvalue weighted by Gasteiger charge is 2.25. The van der Waals surface area contributed by atoms with E-state index in [1.165, 1.54) is 23.6 Å². The van der Waals surface area contributed by atoms with Crippen LogP contribution in [0.5, 0.6) is 17.4 Å². The molecule has 0 spiro atoms. The number of fused-ring (bicyclic) bond motifs is 6. The Hall–Kier alpha value is -7.16. The van der Waals surface area contributed by atoms with Crippen molar-refractivity contribution in [2.24, 2.45) is 30.7 Å².